The van der Waals surface area contributed by atoms with E-state index in [4.69, 9.17) is 0 Å². The van der Waals surface area contributed by atoms with Crippen LogP contribution in [0.4, 0.5) is 5.82 Å². The molecule has 1 saturated heterocycles. The van der Waals surface area contributed by atoms with Crippen molar-refractivity contribution in [2.45, 2.75) is 45.6 Å². The first-order chi connectivity index (χ1) is 13.1. The van der Waals surface area contributed by atoms with E-state index in [1.54, 1.807) is 6.20 Å². The zero-order valence-electron chi connectivity index (χ0n) is 16.7. The van der Waals surface area contributed by atoms with Crippen molar-refractivity contribution in [2.75, 3.05) is 24.5 Å². The smallest absolute Gasteiger partial charge is 0.230 e. The maximum Gasteiger partial charge on any atom is 0.230 e. The van der Waals surface area contributed by atoms with Crippen LogP contribution in [0.5, 0.6) is 0 Å². The molecule has 1 aromatic heterocycles. The van der Waals surface area contributed by atoms with Gasteiger partial charge < -0.3 is 0 Å². The van der Waals surface area contributed by atoms with Crippen molar-refractivity contribution < 1.29 is 4.79 Å². The molecule has 2 aromatic rings. The fourth-order valence-electron chi connectivity index (χ4n) is 3.90. The second-order valence-corrected chi connectivity index (χ2v) is 7.86. The van der Waals surface area contributed by atoms with Crippen LogP contribution < -0.4 is 4.90 Å². The molecule has 4 heteroatoms. The highest BCUT2D eigenvalue weighted by Crippen LogP contribution is 2.29. The summed E-state index contributed by atoms with van der Waals surface area (Å²) in [6.45, 7) is 8.97. The molecular weight excluding hydrogens is 334 g/mol. The predicted molar refractivity (Wildman–Crippen MR) is 111 cm³/mol. The Bertz CT molecular complexity index is 709. The Morgan fingerprint density at radius 3 is 2.33 bits per heavy atom. The van der Waals surface area contributed by atoms with Crippen LogP contribution >= 0.6 is 0 Å². The third kappa shape index (κ3) is 4.95. The average Bonchev–Trinajstić information content (AvgIpc) is 2.72. The van der Waals surface area contributed by atoms with Gasteiger partial charge in [-0.2, -0.15) is 0 Å². The van der Waals surface area contributed by atoms with Gasteiger partial charge in [0.1, 0.15) is 5.82 Å². The van der Waals surface area contributed by atoms with E-state index in [1.165, 1.54) is 18.4 Å². The number of pyridine rings is 1. The largest absolute Gasteiger partial charge is 0.299 e. The number of carbonyl (C=O) groups is 1. The molecule has 1 aliphatic rings. The molecule has 0 aliphatic carbocycles. The number of piperidine rings is 1. The third-order valence-electron chi connectivity index (χ3n) is 5.56. The number of benzene rings is 1. The minimum atomic E-state index is -0.0389. The summed E-state index contributed by atoms with van der Waals surface area (Å²) < 4.78 is 0. The number of hydrogen-bond donors (Lipinski definition) is 0. The normalized spacial score (nSPS) is 17.0. The van der Waals surface area contributed by atoms with Crippen molar-refractivity contribution in [1.29, 1.82) is 0 Å². The Morgan fingerprint density at radius 1 is 1.07 bits per heavy atom. The SMILES string of the molecule is CC(C)C(=O)N(CC(C)N1CCC(c2ccccc2)CC1)c1ccccn1. The summed E-state index contributed by atoms with van der Waals surface area (Å²) in [5, 5.41) is 0. The molecule has 2 heterocycles. The number of likely N-dealkylation sites (tertiary alicyclic amines) is 1. The van der Waals surface area contributed by atoms with Crippen LogP contribution in [0.25, 0.3) is 0 Å². The predicted octanol–water partition coefficient (Wildman–Crippen LogP) is 4.34. The quantitative estimate of drug-likeness (QED) is 0.764. The lowest BCUT2D eigenvalue weighted by molar-refractivity contribution is -0.121. The summed E-state index contributed by atoms with van der Waals surface area (Å²) >= 11 is 0. The molecule has 1 amide bonds. The van der Waals surface area contributed by atoms with Crippen molar-refractivity contribution in [2.24, 2.45) is 5.92 Å². The fraction of sp³-hybridized carbons (Fsp3) is 0.478. The number of amides is 1. The van der Waals surface area contributed by atoms with Crippen LogP contribution in [0.15, 0.2) is 54.7 Å². The van der Waals surface area contributed by atoms with Crippen molar-refractivity contribution in [1.82, 2.24) is 9.88 Å². The molecule has 0 bridgehead atoms. The van der Waals surface area contributed by atoms with Gasteiger partial charge in [-0.25, -0.2) is 4.98 Å². The molecule has 1 fully saturated rings. The van der Waals surface area contributed by atoms with E-state index in [9.17, 15) is 4.79 Å². The van der Waals surface area contributed by atoms with Crippen LogP contribution in [0.1, 0.15) is 45.1 Å². The number of nitrogens with zero attached hydrogens (tertiary/aromatic N) is 3. The van der Waals surface area contributed by atoms with Crippen LogP contribution in [0, 0.1) is 5.92 Å². The summed E-state index contributed by atoms with van der Waals surface area (Å²) in [6.07, 6.45) is 4.11. The number of aromatic nitrogens is 1. The first-order valence-corrected chi connectivity index (χ1v) is 10.1. The third-order valence-corrected chi connectivity index (χ3v) is 5.56. The topological polar surface area (TPSA) is 36.4 Å². The average molecular weight is 366 g/mol. The number of carbonyl (C=O) groups excluding carboxylic acids is 1. The second-order valence-electron chi connectivity index (χ2n) is 7.86. The molecule has 0 N–H and O–H groups in total. The standard InChI is InChI=1S/C23H31N3O/c1-18(2)23(27)26(22-11-7-8-14-24-22)17-19(3)25-15-12-21(13-16-25)20-9-5-4-6-10-20/h4-11,14,18-19,21H,12-13,15-17H2,1-3H3. The van der Waals surface area contributed by atoms with Crippen LogP contribution in [0.3, 0.4) is 0 Å². The van der Waals surface area contributed by atoms with E-state index in [1.807, 2.05) is 36.9 Å². The van der Waals surface area contributed by atoms with Gasteiger partial charge in [0.25, 0.3) is 0 Å². The molecule has 0 radical (unpaired) electrons. The van der Waals surface area contributed by atoms with Gasteiger partial charge >= 0.3 is 0 Å². The second kappa shape index (κ2) is 9.14. The number of anilines is 1. The van der Waals surface area contributed by atoms with Crippen molar-refractivity contribution >= 4 is 11.7 Å². The van der Waals surface area contributed by atoms with Crippen LogP contribution in [0.2, 0.25) is 0 Å². The van der Waals surface area contributed by atoms with E-state index in [2.05, 4.69) is 47.1 Å². The highest BCUT2D eigenvalue weighted by Gasteiger charge is 2.27. The van der Waals surface area contributed by atoms with Crippen molar-refractivity contribution in [3.8, 4) is 0 Å². The first-order valence-electron chi connectivity index (χ1n) is 10.1. The molecule has 1 aliphatic heterocycles. The lowest BCUT2D eigenvalue weighted by atomic mass is 9.89. The maximum absolute atomic E-state index is 12.8. The minimum Gasteiger partial charge on any atom is -0.299 e. The molecule has 0 spiro atoms. The lowest BCUT2D eigenvalue weighted by Crippen LogP contribution is -2.48. The van der Waals surface area contributed by atoms with Crippen LogP contribution in [-0.2, 0) is 4.79 Å². The molecule has 1 unspecified atom stereocenters. The Kier molecular flexibility index (Phi) is 6.62. The fourth-order valence-corrected chi connectivity index (χ4v) is 3.90. The van der Waals surface area contributed by atoms with Gasteiger partial charge in [0.15, 0.2) is 0 Å². The first kappa shape index (κ1) is 19.6. The zero-order chi connectivity index (χ0) is 19.2. The maximum atomic E-state index is 12.8. The van der Waals surface area contributed by atoms with E-state index in [0.29, 0.717) is 18.5 Å². The van der Waals surface area contributed by atoms with Gasteiger partial charge in [-0.1, -0.05) is 50.2 Å². The number of rotatable bonds is 6. The van der Waals surface area contributed by atoms with Gasteiger partial charge in [0.05, 0.1) is 0 Å². The molecule has 4 nitrogen and oxygen atoms in total. The minimum absolute atomic E-state index is 0.0389. The van der Waals surface area contributed by atoms with Crippen molar-refractivity contribution in [3.05, 3.63) is 60.3 Å². The molecule has 1 atom stereocenters. The molecule has 1 aromatic carbocycles. The molecule has 0 saturated carbocycles. The molecular formula is C23H31N3O. The van der Waals surface area contributed by atoms with Gasteiger partial charge in [-0.3, -0.25) is 14.6 Å². The molecule has 27 heavy (non-hydrogen) atoms. The van der Waals surface area contributed by atoms with E-state index < -0.39 is 0 Å². The zero-order valence-corrected chi connectivity index (χ0v) is 16.7. The lowest BCUT2D eigenvalue weighted by Gasteiger charge is -2.38. The summed E-state index contributed by atoms with van der Waals surface area (Å²) in [5.74, 6) is 1.50. The highest BCUT2D eigenvalue weighted by atomic mass is 16.2. The molecule has 3 rings (SSSR count). The van der Waals surface area contributed by atoms with E-state index >= 15 is 0 Å². The summed E-state index contributed by atoms with van der Waals surface area (Å²) in [6, 6.07) is 16.9. The summed E-state index contributed by atoms with van der Waals surface area (Å²) in [7, 11) is 0. The Hall–Kier alpha value is -2.20. The van der Waals surface area contributed by atoms with Crippen LogP contribution in [-0.4, -0.2) is 41.5 Å². The Morgan fingerprint density at radius 2 is 1.74 bits per heavy atom. The van der Waals surface area contributed by atoms with Gasteiger partial charge in [-0.05, 0) is 56.5 Å². The summed E-state index contributed by atoms with van der Waals surface area (Å²) in [5.41, 5.74) is 1.45. The van der Waals surface area contributed by atoms with Crippen molar-refractivity contribution in [3.63, 3.8) is 0 Å². The van der Waals surface area contributed by atoms with Gasteiger partial charge in [0.2, 0.25) is 5.91 Å². The monoisotopic (exact) mass is 365 g/mol. The van der Waals surface area contributed by atoms with E-state index in [0.717, 1.165) is 18.9 Å². The van der Waals surface area contributed by atoms with Gasteiger partial charge in [0, 0.05) is 24.7 Å². The Balaban J connectivity index is 1.63. The highest BCUT2D eigenvalue weighted by molar-refractivity contribution is 5.93. The Labute approximate surface area is 163 Å². The van der Waals surface area contributed by atoms with Gasteiger partial charge in [-0.15, -0.1) is 0 Å². The molecule has 144 valence electrons. The summed E-state index contributed by atoms with van der Waals surface area (Å²) in [4.78, 5) is 21.6. The number of hydrogen-bond acceptors (Lipinski definition) is 3. The van der Waals surface area contributed by atoms with E-state index in [-0.39, 0.29) is 11.8 Å².